The van der Waals surface area contributed by atoms with E-state index in [1.807, 2.05) is 0 Å². The molecule has 9 nitrogen and oxygen atoms in total. The number of fused-ring (bicyclic) bond motifs is 1. The Hall–Kier alpha value is -3.46. The number of aromatic hydroxyl groups is 2. The van der Waals surface area contributed by atoms with E-state index in [0.29, 0.717) is 15.9 Å². The summed E-state index contributed by atoms with van der Waals surface area (Å²) in [7, 11) is 0. The molecular weight excluding hydrogens is 304 g/mol. The molecule has 0 aliphatic carbocycles. The maximum absolute atomic E-state index is 11.9. The van der Waals surface area contributed by atoms with Gasteiger partial charge >= 0.3 is 6.09 Å². The normalized spacial score (nSPS) is 10.7. The average Bonchev–Trinajstić information content (AvgIpc) is 2.85. The summed E-state index contributed by atoms with van der Waals surface area (Å²) < 4.78 is 5.35. The number of pyridine rings is 1. The first-order valence-corrected chi connectivity index (χ1v) is 6.43. The van der Waals surface area contributed by atoms with Crippen LogP contribution >= 0.6 is 0 Å². The van der Waals surface area contributed by atoms with Crippen LogP contribution in [0.4, 0.5) is 10.5 Å². The second-order valence-corrected chi connectivity index (χ2v) is 4.62. The summed E-state index contributed by atoms with van der Waals surface area (Å²) in [6, 6.07) is 10.3. The number of nitrogens with two attached hydrogens (primary N) is 1. The van der Waals surface area contributed by atoms with E-state index in [-0.39, 0.29) is 11.1 Å². The average molecular weight is 316 g/mol. The van der Waals surface area contributed by atoms with Gasteiger partial charge in [0, 0.05) is 29.3 Å². The van der Waals surface area contributed by atoms with E-state index >= 15 is 0 Å². The zero-order valence-electron chi connectivity index (χ0n) is 11.6. The summed E-state index contributed by atoms with van der Waals surface area (Å²) >= 11 is 0. The molecule has 0 fully saturated rings. The van der Waals surface area contributed by atoms with Gasteiger partial charge in [-0.05, 0) is 24.3 Å². The second kappa shape index (κ2) is 5.39. The summed E-state index contributed by atoms with van der Waals surface area (Å²) in [5.41, 5.74) is 6.78. The monoisotopic (exact) mass is 316 g/mol. The molecular formula is C14H12N4O5. The lowest BCUT2D eigenvalue weighted by Gasteiger charge is -2.16. The molecule has 23 heavy (non-hydrogen) atoms. The van der Waals surface area contributed by atoms with Crippen molar-refractivity contribution in [1.82, 2.24) is 9.66 Å². The topological polar surface area (TPSA) is 134 Å². The van der Waals surface area contributed by atoms with Crippen LogP contribution in [0.3, 0.4) is 0 Å². The predicted molar refractivity (Wildman–Crippen MR) is 79.9 cm³/mol. The third-order valence-corrected chi connectivity index (χ3v) is 3.05. The van der Waals surface area contributed by atoms with Crippen LogP contribution in [0, 0.1) is 0 Å². The molecule has 0 aliphatic heterocycles. The summed E-state index contributed by atoms with van der Waals surface area (Å²) in [5, 5.41) is 29.3. The molecule has 0 atom stereocenters. The fourth-order valence-corrected chi connectivity index (χ4v) is 2.00. The summed E-state index contributed by atoms with van der Waals surface area (Å²) in [4.78, 5) is 16.0. The van der Waals surface area contributed by atoms with Crippen molar-refractivity contribution < 1.29 is 25.0 Å². The number of carbonyl (C=O) groups is 1. The molecule has 118 valence electrons. The van der Waals surface area contributed by atoms with Gasteiger partial charge in [-0.2, -0.15) is 4.68 Å². The molecule has 1 amide bonds. The van der Waals surface area contributed by atoms with E-state index < -0.39 is 17.9 Å². The van der Waals surface area contributed by atoms with Gasteiger partial charge in [-0.15, -0.1) is 0 Å². The number of nitrogens with zero attached hydrogens (tertiary/aromatic N) is 3. The van der Waals surface area contributed by atoms with Crippen LogP contribution in [0.25, 0.3) is 10.9 Å². The van der Waals surface area contributed by atoms with Gasteiger partial charge < -0.3 is 20.7 Å². The Morgan fingerprint density at radius 1 is 1.13 bits per heavy atom. The van der Waals surface area contributed by atoms with Gasteiger partial charge in [0.25, 0.3) is 0 Å². The molecule has 0 radical (unpaired) electrons. The molecule has 2 heterocycles. The van der Waals surface area contributed by atoms with Gasteiger partial charge in [-0.3, -0.25) is 5.21 Å². The Balaban J connectivity index is 1.84. The van der Waals surface area contributed by atoms with Crippen LogP contribution in [0.1, 0.15) is 0 Å². The van der Waals surface area contributed by atoms with E-state index in [0.717, 1.165) is 17.5 Å². The number of amides is 1. The minimum absolute atomic E-state index is 0.0718. The first-order valence-electron chi connectivity index (χ1n) is 6.43. The number of benzene rings is 1. The quantitative estimate of drug-likeness (QED) is 0.320. The Morgan fingerprint density at radius 3 is 2.52 bits per heavy atom. The third kappa shape index (κ3) is 2.68. The molecule has 1 aromatic carbocycles. The highest BCUT2D eigenvalue weighted by molar-refractivity contribution is 5.83. The largest absolute Gasteiger partial charge is 0.493 e. The van der Waals surface area contributed by atoms with Crippen LogP contribution in [0.2, 0.25) is 0 Å². The van der Waals surface area contributed by atoms with Gasteiger partial charge in [0.2, 0.25) is 17.6 Å². The number of hydrogen-bond donors (Lipinski definition) is 4. The zero-order valence-corrected chi connectivity index (χ0v) is 11.6. The maximum atomic E-state index is 11.9. The first-order chi connectivity index (χ1) is 11.0. The van der Waals surface area contributed by atoms with Crippen LogP contribution < -0.4 is 15.6 Å². The van der Waals surface area contributed by atoms with Crippen molar-refractivity contribution in [3.63, 3.8) is 0 Å². The van der Waals surface area contributed by atoms with Crippen LogP contribution in [-0.2, 0) is 0 Å². The predicted octanol–water partition coefficient (Wildman–Crippen LogP) is 1.56. The summed E-state index contributed by atoms with van der Waals surface area (Å²) in [5.74, 6) is -1.18. The van der Waals surface area contributed by atoms with Crippen molar-refractivity contribution in [3.8, 4) is 17.6 Å². The minimum atomic E-state index is -1.27. The van der Waals surface area contributed by atoms with Gasteiger partial charge in [0.05, 0.1) is 5.52 Å². The van der Waals surface area contributed by atoms with Crippen molar-refractivity contribution in [1.29, 1.82) is 0 Å². The van der Waals surface area contributed by atoms with Gasteiger partial charge in [0.15, 0.2) is 0 Å². The molecule has 0 spiro atoms. The number of rotatable bonds is 2. The molecule has 3 rings (SSSR count). The SMILES string of the molecule is Nc1ccc2nc(OC(=O)N(O)n3c(O)ccc3O)ccc2c1. The molecule has 0 saturated carbocycles. The summed E-state index contributed by atoms with van der Waals surface area (Å²) in [6.45, 7) is 0. The van der Waals surface area contributed by atoms with E-state index in [9.17, 15) is 20.2 Å². The van der Waals surface area contributed by atoms with Gasteiger partial charge in [-0.25, -0.2) is 9.78 Å². The second-order valence-electron chi connectivity index (χ2n) is 4.62. The van der Waals surface area contributed by atoms with Crippen molar-refractivity contribution in [3.05, 3.63) is 42.5 Å². The molecule has 3 aromatic rings. The number of ether oxygens (including phenoxy) is 1. The van der Waals surface area contributed by atoms with E-state index in [1.165, 1.54) is 6.07 Å². The molecule has 9 heteroatoms. The van der Waals surface area contributed by atoms with Crippen molar-refractivity contribution in [2.24, 2.45) is 0 Å². The lowest BCUT2D eigenvalue weighted by atomic mass is 10.2. The molecule has 0 unspecified atom stereocenters. The molecule has 5 N–H and O–H groups in total. The highest BCUT2D eigenvalue weighted by Gasteiger charge is 2.21. The molecule has 2 aromatic heterocycles. The number of aromatic nitrogens is 2. The molecule has 0 saturated heterocycles. The highest BCUT2D eigenvalue weighted by Crippen LogP contribution is 2.22. The van der Waals surface area contributed by atoms with Crippen molar-refractivity contribution in [2.45, 2.75) is 0 Å². The Kier molecular flexibility index (Phi) is 3.39. The standard InChI is InChI=1S/C14H12N4O5/c15-9-2-3-10-8(7-9)1-4-11(16-10)23-14(21)18(22)17-12(19)5-6-13(17)20/h1-7,19-20,22H,15H2. The van der Waals surface area contributed by atoms with Crippen LogP contribution in [-0.4, -0.2) is 31.2 Å². The number of nitrogen functional groups attached to an aromatic ring is 1. The van der Waals surface area contributed by atoms with E-state index in [4.69, 9.17) is 10.5 Å². The smallest absolute Gasteiger partial charge is 0.461 e. The number of hydrogen-bond acceptors (Lipinski definition) is 7. The minimum Gasteiger partial charge on any atom is -0.493 e. The van der Waals surface area contributed by atoms with E-state index in [2.05, 4.69) is 4.98 Å². The lowest BCUT2D eigenvalue weighted by Crippen LogP contribution is -2.39. The number of hydroxylamine groups is 1. The Bertz CT molecular complexity index is 873. The van der Waals surface area contributed by atoms with Crippen LogP contribution in [0.5, 0.6) is 17.6 Å². The van der Waals surface area contributed by atoms with Gasteiger partial charge in [-0.1, -0.05) is 5.17 Å². The Labute approximate surface area is 129 Å². The zero-order chi connectivity index (χ0) is 16.6. The fourth-order valence-electron chi connectivity index (χ4n) is 2.00. The number of anilines is 1. The molecule has 0 bridgehead atoms. The summed E-state index contributed by atoms with van der Waals surface area (Å²) in [6.07, 6.45) is -1.27. The fraction of sp³-hybridized carbons (Fsp3) is 0. The van der Waals surface area contributed by atoms with Crippen molar-refractivity contribution in [2.75, 3.05) is 10.9 Å². The van der Waals surface area contributed by atoms with Crippen LogP contribution in [0.15, 0.2) is 42.5 Å². The molecule has 0 aliphatic rings. The number of carbonyl (C=O) groups excluding carboxylic acids is 1. The van der Waals surface area contributed by atoms with E-state index in [1.54, 1.807) is 24.3 Å². The highest BCUT2D eigenvalue weighted by atomic mass is 16.7. The van der Waals surface area contributed by atoms with Crippen molar-refractivity contribution >= 4 is 22.7 Å². The Morgan fingerprint density at radius 2 is 1.83 bits per heavy atom. The maximum Gasteiger partial charge on any atom is 0.461 e. The lowest BCUT2D eigenvalue weighted by molar-refractivity contribution is 0.120. The first kappa shape index (κ1) is 14.5. The third-order valence-electron chi connectivity index (χ3n) is 3.05. The van der Waals surface area contributed by atoms with Gasteiger partial charge in [0.1, 0.15) is 0 Å².